The Morgan fingerprint density at radius 3 is 2.89 bits per heavy atom. The topological polar surface area (TPSA) is 55.2 Å². The van der Waals surface area contributed by atoms with Crippen LogP contribution in [0.2, 0.25) is 0 Å². The number of hydrogen-bond donors (Lipinski definition) is 1. The van der Waals surface area contributed by atoms with Gasteiger partial charge in [-0.25, -0.2) is 0 Å². The zero-order chi connectivity index (χ0) is 13.8. The molecule has 1 saturated carbocycles. The van der Waals surface area contributed by atoms with Crippen LogP contribution in [0.1, 0.15) is 31.7 Å². The van der Waals surface area contributed by atoms with E-state index in [9.17, 15) is 10.1 Å². The van der Waals surface area contributed by atoms with E-state index in [1.54, 1.807) is 12.1 Å². The molecule has 1 aliphatic carbocycles. The minimum absolute atomic E-state index is 0.144. The fourth-order valence-corrected chi connectivity index (χ4v) is 3.44. The molecule has 1 fully saturated rings. The Morgan fingerprint density at radius 1 is 1.47 bits per heavy atom. The predicted molar refractivity (Wildman–Crippen MR) is 79.3 cm³/mol. The second-order valence-corrected chi connectivity index (χ2v) is 5.95. The van der Waals surface area contributed by atoms with Gasteiger partial charge >= 0.3 is 0 Å². The second-order valence-electron chi connectivity index (χ2n) is 5.09. The lowest BCUT2D eigenvalue weighted by atomic mass is 9.94. The Hall–Kier alpha value is -0.940. The van der Waals surface area contributed by atoms with E-state index in [2.05, 4.69) is 28.2 Å². The van der Waals surface area contributed by atoms with Gasteiger partial charge in [0, 0.05) is 22.6 Å². The molecule has 0 radical (unpaired) electrons. The smallest absolute Gasteiger partial charge is 0.270 e. The largest absolute Gasteiger partial charge is 0.314 e. The molecule has 1 aliphatic rings. The summed E-state index contributed by atoms with van der Waals surface area (Å²) in [4.78, 5) is 10.4. The molecule has 4 nitrogen and oxygen atoms in total. The third kappa shape index (κ3) is 3.54. The van der Waals surface area contributed by atoms with E-state index >= 15 is 0 Å². The van der Waals surface area contributed by atoms with Crippen molar-refractivity contribution in [1.29, 1.82) is 0 Å². The first-order valence-electron chi connectivity index (χ1n) is 6.78. The number of nitrogens with zero attached hydrogens (tertiary/aromatic N) is 1. The molecule has 1 aromatic carbocycles. The van der Waals surface area contributed by atoms with Gasteiger partial charge in [0.05, 0.1) is 4.92 Å². The van der Waals surface area contributed by atoms with Crippen LogP contribution in [0.25, 0.3) is 0 Å². The van der Waals surface area contributed by atoms with Crippen molar-refractivity contribution in [2.24, 2.45) is 5.92 Å². The van der Waals surface area contributed by atoms with Gasteiger partial charge in [0.1, 0.15) is 0 Å². The van der Waals surface area contributed by atoms with Crippen molar-refractivity contribution in [3.05, 3.63) is 38.3 Å². The van der Waals surface area contributed by atoms with Gasteiger partial charge in [-0.1, -0.05) is 35.3 Å². The number of hydrogen-bond acceptors (Lipinski definition) is 3. The molecule has 0 amide bonds. The zero-order valence-corrected chi connectivity index (χ0v) is 12.6. The summed E-state index contributed by atoms with van der Waals surface area (Å²) < 4.78 is 0.851. The summed E-state index contributed by atoms with van der Waals surface area (Å²) in [5, 5.41) is 14.3. The minimum Gasteiger partial charge on any atom is -0.314 e. The first-order chi connectivity index (χ1) is 9.11. The molecule has 2 rings (SSSR count). The summed E-state index contributed by atoms with van der Waals surface area (Å²) >= 11 is 3.46. The molecule has 104 valence electrons. The number of non-ortho nitro benzene ring substituents is 1. The molecule has 0 spiro atoms. The number of nitrogens with one attached hydrogen (secondary N) is 1. The average molecular weight is 327 g/mol. The summed E-state index contributed by atoms with van der Waals surface area (Å²) in [6.07, 6.45) is 4.73. The van der Waals surface area contributed by atoms with Crippen LogP contribution in [0.4, 0.5) is 5.69 Å². The van der Waals surface area contributed by atoms with Gasteiger partial charge < -0.3 is 5.32 Å². The van der Waals surface area contributed by atoms with E-state index in [1.165, 1.54) is 24.8 Å². The average Bonchev–Trinajstić information content (AvgIpc) is 2.79. The third-order valence-electron chi connectivity index (χ3n) is 3.85. The maximum atomic E-state index is 10.7. The first-order valence-corrected chi connectivity index (χ1v) is 7.57. The van der Waals surface area contributed by atoms with Gasteiger partial charge in [-0.3, -0.25) is 10.1 Å². The monoisotopic (exact) mass is 326 g/mol. The SMILES string of the molecule is CCNC1CCCC1Cc1ccc([N+](=O)[O-])cc1Br. The molecule has 5 heteroatoms. The Balaban J connectivity index is 2.08. The number of halogens is 1. The fraction of sp³-hybridized carbons (Fsp3) is 0.571. The molecule has 2 unspecified atom stereocenters. The minimum atomic E-state index is -0.356. The molecule has 2 atom stereocenters. The molecule has 0 aliphatic heterocycles. The number of rotatable bonds is 5. The normalized spacial score (nSPS) is 22.6. The lowest BCUT2D eigenvalue weighted by molar-refractivity contribution is -0.384. The molecule has 1 N–H and O–H groups in total. The molecule has 19 heavy (non-hydrogen) atoms. The lowest BCUT2D eigenvalue weighted by Gasteiger charge is -2.20. The zero-order valence-electron chi connectivity index (χ0n) is 11.1. The van der Waals surface area contributed by atoms with Crippen molar-refractivity contribution >= 4 is 21.6 Å². The van der Waals surface area contributed by atoms with Gasteiger partial charge in [-0.15, -0.1) is 0 Å². The van der Waals surface area contributed by atoms with Crippen molar-refractivity contribution in [1.82, 2.24) is 5.32 Å². The maximum absolute atomic E-state index is 10.7. The van der Waals surface area contributed by atoms with Gasteiger partial charge in [0.25, 0.3) is 5.69 Å². The molecule has 0 aromatic heterocycles. The highest BCUT2D eigenvalue weighted by Gasteiger charge is 2.27. The summed E-state index contributed by atoms with van der Waals surface area (Å²) in [6, 6.07) is 5.67. The van der Waals surface area contributed by atoms with E-state index in [0.29, 0.717) is 12.0 Å². The Morgan fingerprint density at radius 2 is 2.26 bits per heavy atom. The highest BCUT2D eigenvalue weighted by Crippen LogP contribution is 2.32. The summed E-state index contributed by atoms with van der Waals surface area (Å²) in [5.74, 6) is 0.637. The third-order valence-corrected chi connectivity index (χ3v) is 4.59. The number of nitro benzene ring substituents is 1. The lowest BCUT2D eigenvalue weighted by Crippen LogP contribution is -2.33. The standard InChI is InChI=1S/C14H19BrN2O2/c1-2-16-14-5-3-4-11(14)8-10-6-7-12(17(18)19)9-13(10)15/h6-7,9,11,14,16H,2-5,8H2,1H3. The van der Waals surface area contributed by atoms with Crippen LogP contribution in [0.15, 0.2) is 22.7 Å². The van der Waals surface area contributed by atoms with Crippen molar-refractivity contribution in [3.8, 4) is 0 Å². The van der Waals surface area contributed by atoms with Crippen LogP contribution in [0.5, 0.6) is 0 Å². The van der Waals surface area contributed by atoms with Crippen molar-refractivity contribution in [2.45, 2.75) is 38.6 Å². The highest BCUT2D eigenvalue weighted by molar-refractivity contribution is 9.10. The quantitative estimate of drug-likeness (QED) is 0.663. The maximum Gasteiger partial charge on any atom is 0.270 e. The molecule has 0 heterocycles. The van der Waals surface area contributed by atoms with Crippen LogP contribution in [-0.4, -0.2) is 17.5 Å². The molecule has 0 bridgehead atoms. The van der Waals surface area contributed by atoms with E-state index in [1.807, 2.05) is 6.07 Å². The van der Waals surface area contributed by atoms with Crippen molar-refractivity contribution in [3.63, 3.8) is 0 Å². The van der Waals surface area contributed by atoms with E-state index in [4.69, 9.17) is 0 Å². The first kappa shape index (κ1) is 14.5. The van der Waals surface area contributed by atoms with Gasteiger partial charge in [-0.05, 0) is 37.3 Å². The summed E-state index contributed by atoms with van der Waals surface area (Å²) in [5.41, 5.74) is 1.31. The molecular formula is C14H19BrN2O2. The molecule has 0 saturated heterocycles. The number of benzene rings is 1. The Kier molecular flexibility index (Phi) is 4.93. The summed E-state index contributed by atoms with van der Waals surface area (Å²) in [7, 11) is 0. The van der Waals surface area contributed by atoms with E-state index in [-0.39, 0.29) is 10.6 Å². The van der Waals surface area contributed by atoms with Crippen LogP contribution in [0, 0.1) is 16.0 Å². The van der Waals surface area contributed by atoms with Crippen molar-refractivity contribution in [2.75, 3.05) is 6.54 Å². The van der Waals surface area contributed by atoms with Crippen LogP contribution >= 0.6 is 15.9 Å². The van der Waals surface area contributed by atoms with Crippen LogP contribution < -0.4 is 5.32 Å². The van der Waals surface area contributed by atoms with Crippen LogP contribution in [-0.2, 0) is 6.42 Å². The Bertz CT molecular complexity index is 465. The van der Waals surface area contributed by atoms with E-state index in [0.717, 1.165) is 17.4 Å². The fourth-order valence-electron chi connectivity index (χ4n) is 2.91. The van der Waals surface area contributed by atoms with Gasteiger partial charge in [0.15, 0.2) is 0 Å². The second kappa shape index (κ2) is 6.48. The van der Waals surface area contributed by atoms with E-state index < -0.39 is 0 Å². The van der Waals surface area contributed by atoms with Crippen LogP contribution in [0.3, 0.4) is 0 Å². The van der Waals surface area contributed by atoms with Gasteiger partial charge in [-0.2, -0.15) is 0 Å². The number of nitro groups is 1. The highest BCUT2D eigenvalue weighted by atomic mass is 79.9. The molecular weight excluding hydrogens is 308 g/mol. The van der Waals surface area contributed by atoms with Crippen molar-refractivity contribution < 1.29 is 4.92 Å². The molecule has 1 aromatic rings. The predicted octanol–water partition coefficient (Wildman–Crippen LogP) is 3.68. The Labute approximate surface area is 121 Å². The van der Waals surface area contributed by atoms with Gasteiger partial charge in [0.2, 0.25) is 0 Å². The summed E-state index contributed by atoms with van der Waals surface area (Å²) in [6.45, 7) is 3.14.